The van der Waals surface area contributed by atoms with E-state index in [0.717, 1.165) is 0 Å². The van der Waals surface area contributed by atoms with E-state index in [1.54, 1.807) is 0 Å². The normalized spacial score (nSPS) is 24.3. The lowest BCUT2D eigenvalue weighted by Gasteiger charge is -2.36. The third kappa shape index (κ3) is 2.10. The Kier molecular flexibility index (Phi) is 3.99. The van der Waals surface area contributed by atoms with E-state index in [9.17, 15) is 61.5 Å². The quantitative estimate of drug-likeness (QED) is 0.600. The van der Waals surface area contributed by atoms with Crippen molar-refractivity contribution in [1.82, 2.24) is 0 Å². The summed E-state index contributed by atoms with van der Waals surface area (Å²) in [5, 5.41) is 6.25. The highest BCUT2D eigenvalue weighted by Gasteiger charge is 2.98. The predicted octanol–water partition coefficient (Wildman–Crippen LogP) is 4.60. The Balaban J connectivity index is 4.03. The summed E-state index contributed by atoms with van der Waals surface area (Å²) in [7, 11) is 0. The van der Waals surface area contributed by atoms with Crippen molar-refractivity contribution < 1.29 is 66.2 Å². The largest absolute Gasteiger partial charge is 0.432 e. The molecule has 1 aliphatic rings. The number of halogens is 14. The van der Waals surface area contributed by atoms with Crippen molar-refractivity contribution in [2.24, 2.45) is 5.41 Å². The van der Waals surface area contributed by atoms with Crippen molar-refractivity contribution in [3.05, 3.63) is 0 Å². The zero-order chi connectivity index (χ0) is 19.8. The van der Waals surface area contributed by atoms with Crippen LogP contribution in [0.25, 0.3) is 0 Å². The summed E-state index contributed by atoms with van der Waals surface area (Å²) in [5.41, 5.74) is -18.4. The Morgan fingerprint density at radius 3 is 1.04 bits per heavy atom. The summed E-state index contributed by atoms with van der Waals surface area (Å²) in [6.07, 6.45) is -36.6. The molecule has 0 aromatic rings. The first kappa shape index (κ1) is 20.7. The SMILES string of the molecule is N=C1C(C(F)(F)F)(C(F)(F)F)OC(F)(F)C1(C(F)(F)F)C(F)(F)F. The Morgan fingerprint density at radius 2 is 0.917 bits per heavy atom. The van der Waals surface area contributed by atoms with Crippen LogP contribution in [-0.2, 0) is 4.74 Å². The lowest BCUT2D eigenvalue weighted by Crippen LogP contribution is -2.67. The van der Waals surface area contributed by atoms with E-state index in [1.807, 2.05) is 4.74 Å². The fraction of sp³-hybridized carbons (Fsp3) is 0.875. The molecule has 1 aliphatic heterocycles. The summed E-state index contributed by atoms with van der Waals surface area (Å²) >= 11 is 0. The second-order valence-corrected chi connectivity index (χ2v) is 4.42. The minimum absolute atomic E-state index is 2.00. The standard InChI is InChI=1S/C8HF14NO/c9-4(10,11)2(5(12,13)14)1(23)3(6(15,16)17,7(18,19)20)24-8(2,21)22/h23H. The first-order valence-corrected chi connectivity index (χ1v) is 5.05. The fourth-order valence-corrected chi connectivity index (χ4v) is 2.06. The van der Waals surface area contributed by atoms with Crippen LogP contribution in [-0.4, -0.2) is 42.1 Å². The summed E-state index contributed by atoms with van der Waals surface area (Å²) in [4.78, 5) is 0. The second-order valence-electron chi connectivity index (χ2n) is 4.42. The van der Waals surface area contributed by atoms with Crippen molar-refractivity contribution in [1.29, 1.82) is 5.41 Å². The molecule has 0 spiro atoms. The maximum absolute atomic E-state index is 13.3. The summed E-state index contributed by atoms with van der Waals surface area (Å²) in [5.74, 6) is 0. The third-order valence-corrected chi connectivity index (χ3v) is 3.09. The van der Waals surface area contributed by atoms with Crippen molar-refractivity contribution in [3.8, 4) is 0 Å². The minimum atomic E-state index is -7.47. The highest BCUT2D eigenvalue weighted by atomic mass is 19.4. The molecule has 0 atom stereocenters. The van der Waals surface area contributed by atoms with Crippen LogP contribution >= 0.6 is 0 Å². The smallest absolute Gasteiger partial charge is 0.304 e. The molecular formula is C8HF14NO. The Bertz CT molecular complexity index is 505. The number of alkyl halides is 14. The van der Waals surface area contributed by atoms with Crippen molar-refractivity contribution in [2.75, 3.05) is 0 Å². The van der Waals surface area contributed by atoms with Crippen molar-refractivity contribution in [2.45, 2.75) is 36.4 Å². The van der Waals surface area contributed by atoms with E-state index in [-0.39, 0.29) is 0 Å². The topological polar surface area (TPSA) is 33.1 Å². The number of nitrogens with one attached hydrogen (secondary N) is 1. The molecule has 0 bridgehead atoms. The van der Waals surface area contributed by atoms with Crippen molar-refractivity contribution in [3.63, 3.8) is 0 Å². The zero-order valence-corrected chi connectivity index (χ0v) is 10.2. The number of ether oxygens (including phenoxy) is 1. The molecule has 2 nitrogen and oxygen atoms in total. The van der Waals surface area contributed by atoms with Gasteiger partial charge >= 0.3 is 36.4 Å². The van der Waals surface area contributed by atoms with Gasteiger partial charge in [-0.2, -0.15) is 61.5 Å². The molecule has 0 aromatic heterocycles. The highest BCUT2D eigenvalue weighted by Crippen LogP contribution is 2.70. The van der Waals surface area contributed by atoms with Gasteiger partial charge in [0.15, 0.2) is 0 Å². The monoisotopic (exact) mass is 393 g/mol. The average molecular weight is 393 g/mol. The van der Waals surface area contributed by atoms with Gasteiger partial charge in [0.2, 0.25) is 0 Å². The molecule has 1 N–H and O–H groups in total. The number of hydrogen-bond donors (Lipinski definition) is 1. The first-order chi connectivity index (χ1) is 10.1. The molecule has 0 aliphatic carbocycles. The van der Waals surface area contributed by atoms with E-state index in [1.165, 1.54) is 0 Å². The highest BCUT2D eigenvalue weighted by molar-refractivity contribution is 6.00. The van der Waals surface area contributed by atoms with Gasteiger partial charge in [-0.3, -0.25) is 4.74 Å². The molecule has 0 unspecified atom stereocenters. The maximum atomic E-state index is 13.3. The van der Waals surface area contributed by atoms with Crippen LogP contribution < -0.4 is 0 Å². The van der Waals surface area contributed by atoms with Crippen molar-refractivity contribution >= 4 is 5.71 Å². The van der Waals surface area contributed by atoms with Crippen LogP contribution in [0, 0.1) is 10.8 Å². The molecule has 16 heteroatoms. The lowest BCUT2D eigenvalue weighted by atomic mass is 9.75. The minimum Gasteiger partial charge on any atom is -0.304 e. The maximum Gasteiger partial charge on any atom is 0.432 e. The van der Waals surface area contributed by atoms with Crippen LogP contribution in [0.5, 0.6) is 0 Å². The van der Waals surface area contributed by atoms with Crippen LogP contribution in [0.15, 0.2) is 0 Å². The van der Waals surface area contributed by atoms with E-state index < -0.39 is 47.5 Å². The molecular weight excluding hydrogens is 392 g/mol. The molecule has 0 saturated carbocycles. The molecule has 1 heterocycles. The molecule has 1 saturated heterocycles. The van der Waals surface area contributed by atoms with Crippen LogP contribution in [0.1, 0.15) is 0 Å². The average Bonchev–Trinajstić information content (AvgIpc) is 2.38. The fourth-order valence-electron chi connectivity index (χ4n) is 2.06. The summed E-state index contributed by atoms with van der Waals surface area (Å²) in [6.45, 7) is 0. The van der Waals surface area contributed by atoms with Gasteiger partial charge in [0.1, 0.15) is 0 Å². The molecule has 0 radical (unpaired) electrons. The van der Waals surface area contributed by atoms with Gasteiger partial charge in [-0.25, -0.2) is 0 Å². The Hall–Kier alpha value is -1.35. The number of hydrogen-bond acceptors (Lipinski definition) is 2. The molecule has 0 aromatic carbocycles. The third-order valence-electron chi connectivity index (χ3n) is 3.09. The summed E-state index contributed by atoms with van der Waals surface area (Å²) in [6, 6.07) is 0. The first-order valence-electron chi connectivity index (χ1n) is 5.05. The van der Waals surface area contributed by atoms with Gasteiger partial charge in [0.05, 0.1) is 5.71 Å². The van der Waals surface area contributed by atoms with E-state index in [0.29, 0.717) is 0 Å². The molecule has 1 fully saturated rings. The van der Waals surface area contributed by atoms with Crippen LogP contribution in [0.4, 0.5) is 61.5 Å². The van der Waals surface area contributed by atoms with E-state index in [2.05, 4.69) is 0 Å². The second kappa shape index (κ2) is 4.63. The van der Waals surface area contributed by atoms with Crippen LogP contribution in [0.2, 0.25) is 0 Å². The van der Waals surface area contributed by atoms with Gasteiger partial charge in [-0.1, -0.05) is 0 Å². The predicted molar refractivity (Wildman–Crippen MR) is 43.1 cm³/mol. The molecule has 1 rings (SSSR count). The van der Waals surface area contributed by atoms with Gasteiger partial charge in [-0.05, 0) is 0 Å². The number of rotatable bonds is 0. The van der Waals surface area contributed by atoms with E-state index in [4.69, 9.17) is 5.41 Å². The molecule has 0 amide bonds. The van der Waals surface area contributed by atoms with Gasteiger partial charge in [0.25, 0.3) is 5.41 Å². The van der Waals surface area contributed by atoms with Gasteiger partial charge < -0.3 is 5.41 Å². The molecule has 24 heavy (non-hydrogen) atoms. The van der Waals surface area contributed by atoms with Gasteiger partial charge in [-0.15, -0.1) is 0 Å². The zero-order valence-electron chi connectivity index (χ0n) is 10.2. The Morgan fingerprint density at radius 1 is 0.625 bits per heavy atom. The van der Waals surface area contributed by atoms with Gasteiger partial charge in [0, 0.05) is 0 Å². The van der Waals surface area contributed by atoms with E-state index >= 15 is 0 Å². The lowest BCUT2D eigenvalue weighted by molar-refractivity contribution is -0.446. The Labute approximate surface area is 120 Å². The molecule has 142 valence electrons. The summed E-state index contributed by atoms with van der Waals surface area (Å²) < 4.78 is 180. The van der Waals surface area contributed by atoms with Crippen LogP contribution in [0.3, 0.4) is 0 Å².